The van der Waals surface area contributed by atoms with Gasteiger partial charge in [0.15, 0.2) is 0 Å². The third kappa shape index (κ3) is 4.04. The summed E-state index contributed by atoms with van der Waals surface area (Å²) in [5.41, 5.74) is 3.73. The quantitative estimate of drug-likeness (QED) is 0.514. The molecule has 0 saturated heterocycles. The Labute approximate surface area is 151 Å². The van der Waals surface area contributed by atoms with Gasteiger partial charge < -0.3 is 10.4 Å². The number of hydrogen-bond donors (Lipinski definition) is 2. The SMILES string of the molecule is C[C@H](NCc1cc(O)ccc1[N+](=O)[O-])c1ccc(-c2ccncc2)cc1. The van der Waals surface area contributed by atoms with E-state index in [2.05, 4.69) is 10.3 Å². The third-order valence-corrected chi connectivity index (χ3v) is 4.28. The van der Waals surface area contributed by atoms with E-state index < -0.39 is 4.92 Å². The van der Waals surface area contributed by atoms with Crippen molar-refractivity contribution in [2.45, 2.75) is 19.5 Å². The fourth-order valence-corrected chi connectivity index (χ4v) is 2.78. The van der Waals surface area contributed by atoms with Crippen molar-refractivity contribution in [3.05, 3.63) is 88.2 Å². The number of hydrogen-bond acceptors (Lipinski definition) is 5. The highest BCUT2D eigenvalue weighted by Crippen LogP contribution is 2.25. The highest BCUT2D eigenvalue weighted by atomic mass is 16.6. The summed E-state index contributed by atoms with van der Waals surface area (Å²) in [5, 5.41) is 24.0. The summed E-state index contributed by atoms with van der Waals surface area (Å²) in [6.07, 6.45) is 3.52. The predicted molar refractivity (Wildman–Crippen MR) is 99.7 cm³/mol. The number of phenols is 1. The molecule has 0 saturated carbocycles. The van der Waals surface area contributed by atoms with Crippen molar-refractivity contribution in [2.75, 3.05) is 0 Å². The summed E-state index contributed by atoms with van der Waals surface area (Å²) >= 11 is 0. The molecule has 0 fully saturated rings. The van der Waals surface area contributed by atoms with E-state index in [1.54, 1.807) is 12.4 Å². The zero-order chi connectivity index (χ0) is 18.5. The topological polar surface area (TPSA) is 88.3 Å². The maximum absolute atomic E-state index is 11.1. The largest absolute Gasteiger partial charge is 0.508 e. The highest BCUT2D eigenvalue weighted by molar-refractivity contribution is 5.63. The van der Waals surface area contributed by atoms with E-state index in [0.717, 1.165) is 16.7 Å². The first kappa shape index (κ1) is 17.6. The van der Waals surface area contributed by atoms with Gasteiger partial charge in [-0.1, -0.05) is 24.3 Å². The molecule has 3 aromatic rings. The van der Waals surface area contributed by atoms with E-state index in [1.165, 1.54) is 18.2 Å². The van der Waals surface area contributed by atoms with Crippen molar-refractivity contribution in [1.29, 1.82) is 0 Å². The smallest absolute Gasteiger partial charge is 0.274 e. The Kier molecular flexibility index (Phi) is 5.24. The van der Waals surface area contributed by atoms with Gasteiger partial charge in [-0.05, 0) is 47.9 Å². The maximum Gasteiger partial charge on any atom is 0.274 e. The van der Waals surface area contributed by atoms with Crippen LogP contribution in [-0.2, 0) is 6.54 Å². The zero-order valence-corrected chi connectivity index (χ0v) is 14.3. The minimum atomic E-state index is -0.440. The van der Waals surface area contributed by atoms with Gasteiger partial charge in [0.05, 0.1) is 4.92 Å². The molecule has 2 aromatic carbocycles. The lowest BCUT2D eigenvalue weighted by Gasteiger charge is -2.15. The number of aromatic hydroxyl groups is 1. The van der Waals surface area contributed by atoms with Gasteiger partial charge in [0.1, 0.15) is 5.75 Å². The third-order valence-electron chi connectivity index (χ3n) is 4.28. The number of pyridine rings is 1. The average Bonchev–Trinajstić information content (AvgIpc) is 2.66. The molecule has 0 radical (unpaired) electrons. The van der Waals surface area contributed by atoms with E-state index >= 15 is 0 Å². The van der Waals surface area contributed by atoms with Gasteiger partial charge in [0, 0.05) is 36.6 Å². The van der Waals surface area contributed by atoms with Crippen molar-refractivity contribution < 1.29 is 10.0 Å². The van der Waals surface area contributed by atoms with Crippen LogP contribution in [0.1, 0.15) is 24.1 Å². The fourth-order valence-electron chi connectivity index (χ4n) is 2.78. The van der Waals surface area contributed by atoms with E-state index in [-0.39, 0.29) is 24.0 Å². The zero-order valence-electron chi connectivity index (χ0n) is 14.3. The molecular weight excluding hydrogens is 330 g/mol. The van der Waals surface area contributed by atoms with Crippen LogP contribution in [0.5, 0.6) is 5.75 Å². The summed E-state index contributed by atoms with van der Waals surface area (Å²) < 4.78 is 0. The molecule has 6 heteroatoms. The first-order chi connectivity index (χ1) is 12.5. The Morgan fingerprint density at radius 2 is 1.73 bits per heavy atom. The molecule has 1 aromatic heterocycles. The van der Waals surface area contributed by atoms with Crippen molar-refractivity contribution in [3.63, 3.8) is 0 Å². The van der Waals surface area contributed by atoms with E-state index in [4.69, 9.17) is 0 Å². The molecule has 6 nitrogen and oxygen atoms in total. The second kappa shape index (κ2) is 7.76. The van der Waals surface area contributed by atoms with Crippen LogP contribution in [0.2, 0.25) is 0 Å². The van der Waals surface area contributed by atoms with Crippen LogP contribution in [0.25, 0.3) is 11.1 Å². The van der Waals surface area contributed by atoms with Crippen LogP contribution < -0.4 is 5.32 Å². The number of nitro benzene ring substituents is 1. The van der Waals surface area contributed by atoms with Gasteiger partial charge in [-0.3, -0.25) is 15.1 Å². The van der Waals surface area contributed by atoms with Crippen LogP contribution >= 0.6 is 0 Å². The van der Waals surface area contributed by atoms with Crippen LogP contribution in [0.3, 0.4) is 0 Å². The van der Waals surface area contributed by atoms with Crippen LogP contribution in [-0.4, -0.2) is 15.0 Å². The summed E-state index contributed by atoms with van der Waals surface area (Å²) in [4.78, 5) is 14.7. The van der Waals surface area contributed by atoms with Gasteiger partial charge in [0.25, 0.3) is 5.69 Å². The van der Waals surface area contributed by atoms with Crippen LogP contribution in [0, 0.1) is 10.1 Å². The lowest BCUT2D eigenvalue weighted by molar-refractivity contribution is -0.385. The number of nitro groups is 1. The van der Waals surface area contributed by atoms with Crippen molar-refractivity contribution in [1.82, 2.24) is 10.3 Å². The fraction of sp³-hybridized carbons (Fsp3) is 0.150. The number of nitrogens with one attached hydrogen (secondary N) is 1. The van der Waals surface area contributed by atoms with E-state index in [9.17, 15) is 15.2 Å². The van der Waals surface area contributed by atoms with E-state index in [1.807, 2.05) is 43.3 Å². The molecule has 1 atom stereocenters. The van der Waals surface area contributed by atoms with Crippen LogP contribution in [0.15, 0.2) is 67.0 Å². The Bertz CT molecular complexity index is 896. The minimum absolute atomic E-state index is 0.00319. The van der Waals surface area contributed by atoms with Gasteiger partial charge >= 0.3 is 0 Å². The number of phenolic OH excluding ortho intramolecular Hbond substituents is 1. The Balaban J connectivity index is 1.70. The molecule has 0 spiro atoms. The monoisotopic (exact) mass is 349 g/mol. The van der Waals surface area contributed by atoms with Gasteiger partial charge in [-0.25, -0.2) is 0 Å². The molecule has 0 aliphatic rings. The van der Waals surface area contributed by atoms with Crippen LogP contribution in [0.4, 0.5) is 5.69 Å². The minimum Gasteiger partial charge on any atom is -0.508 e. The molecule has 0 bridgehead atoms. The molecular formula is C20H19N3O3. The normalized spacial score (nSPS) is 11.9. The summed E-state index contributed by atoms with van der Waals surface area (Å²) in [5.74, 6) is 0.0155. The summed E-state index contributed by atoms with van der Waals surface area (Å²) in [6, 6.07) is 16.1. The molecule has 26 heavy (non-hydrogen) atoms. The molecule has 2 N–H and O–H groups in total. The standard InChI is InChI=1S/C20H19N3O3/c1-14(22-13-18-12-19(24)6-7-20(18)23(25)26)15-2-4-16(5-3-15)17-8-10-21-11-9-17/h2-12,14,22,24H,13H2,1H3/t14-/m0/s1. The Morgan fingerprint density at radius 3 is 2.38 bits per heavy atom. The van der Waals surface area contributed by atoms with Crippen molar-refractivity contribution in [3.8, 4) is 16.9 Å². The number of nitrogens with zero attached hydrogens (tertiary/aromatic N) is 2. The summed E-state index contributed by atoms with van der Waals surface area (Å²) in [6.45, 7) is 2.29. The second-order valence-electron chi connectivity index (χ2n) is 6.03. The number of rotatable bonds is 6. The Morgan fingerprint density at radius 1 is 1.08 bits per heavy atom. The molecule has 3 rings (SSSR count). The maximum atomic E-state index is 11.1. The van der Waals surface area contributed by atoms with Crippen molar-refractivity contribution >= 4 is 5.69 Å². The molecule has 1 heterocycles. The first-order valence-corrected chi connectivity index (χ1v) is 8.24. The molecule has 0 aliphatic heterocycles. The first-order valence-electron chi connectivity index (χ1n) is 8.24. The highest BCUT2D eigenvalue weighted by Gasteiger charge is 2.15. The van der Waals surface area contributed by atoms with Crippen molar-refractivity contribution in [2.24, 2.45) is 0 Å². The Hall–Kier alpha value is -3.25. The molecule has 0 unspecified atom stereocenters. The molecule has 0 amide bonds. The molecule has 132 valence electrons. The van der Waals surface area contributed by atoms with Gasteiger partial charge in [-0.2, -0.15) is 0 Å². The lowest BCUT2D eigenvalue weighted by Crippen LogP contribution is -2.18. The van der Waals surface area contributed by atoms with Gasteiger partial charge in [-0.15, -0.1) is 0 Å². The molecule has 0 aliphatic carbocycles. The predicted octanol–water partition coefficient (Wildman–Crippen LogP) is 4.21. The van der Waals surface area contributed by atoms with E-state index in [0.29, 0.717) is 5.56 Å². The summed E-state index contributed by atoms with van der Waals surface area (Å²) in [7, 11) is 0. The number of aromatic nitrogens is 1. The van der Waals surface area contributed by atoms with Gasteiger partial charge in [0.2, 0.25) is 0 Å². The average molecular weight is 349 g/mol. The lowest BCUT2D eigenvalue weighted by atomic mass is 10.0. The second-order valence-corrected chi connectivity index (χ2v) is 6.03. The number of benzene rings is 2.